The highest BCUT2D eigenvalue weighted by Crippen LogP contribution is 2.23. The number of amides is 2. The van der Waals surface area contributed by atoms with Crippen LogP contribution in [-0.4, -0.2) is 40.6 Å². The van der Waals surface area contributed by atoms with Crippen LogP contribution in [0.2, 0.25) is 0 Å². The molecule has 0 bridgehead atoms. The van der Waals surface area contributed by atoms with Crippen molar-refractivity contribution in [3.05, 3.63) is 0 Å². The molecule has 0 aliphatic heterocycles. The maximum absolute atomic E-state index is 12.3. The van der Waals surface area contributed by atoms with Gasteiger partial charge in [-0.15, -0.1) is 0 Å². The molecule has 0 saturated heterocycles. The van der Waals surface area contributed by atoms with Gasteiger partial charge in [-0.05, 0) is 32.6 Å². The van der Waals surface area contributed by atoms with E-state index in [1.807, 2.05) is 0 Å². The molecule has 0 aromatic carbocycles. The van der Waals surface area contributed by atoms with Crippen molar-refractivity contribution in [2.24, 2.45) is 5.41 Å². The van der Waals surface area contributed by atoms with Gasteiger partial charge in [-0.3, -0.25) is 0 Å². The van der Waals surface area contributed by atoms with Crippen molar-refractivity contribution < 1.29 is 14.7 Å². The molecule has 2 amide bonds. The second kappa shape index (κ2) is 8.25. The Morgan fingerprint density at radius 2 is 1.67 bits per heavy atom. The molecule has 124 valence electrons. The summed E-state index contributed by atoms with van der Waals surface area (Å²) in [6.07, 6.45) is 4.58. The van der Waals surface area contributed by atoms with Gasteiger partial charge >= 0.3 is 12.0 Å². The molecule has 21 heavy (non-hydrogen) atoms. The number of carbonyl (C=O) groups excluding carboxylic acids is 1. The molecule has 0 unspecified atom stereocenters. The lowest BCUT2D eigenvalue weighted by molar-refractivity contribution is -0.147. The minimum atomic E-state index is -1.20. The van der Waals surface area contributed by atoms with Crippen LogP contribution in [-0.2, 0) is 4.79 Å². The molecular formula is C16H32N2O3. The van der Waals surface area contributed by atoms with Crippen LogP contribution < -0.4 is 5.32 Å². The number of carbonyl (C=O) groups is 2. The summed E-state index contributed by atoms with van der Waals surface area (Å²) in [5.74, 6) is -0.998. The quantitative estimate of drug-likeness (QED) is 0.640. The Morgan fingerprint density at radius 3 is 2.10 bits per heavy atom. The normalized spacial score (nSPS) is 12.1. The Bertz CT molecular complexity index is 351. The third-order valence-electron chi connectivity index (χ3n) is 3.93. The maximum atomic E-state index is 12.3. The molecule has 2 N–H and O–H groups in total. The maximum Gasteiger partial charge on any atom is 0.329 e. The van der Waals surface area contributed by atoms with E-state index < -0.39 is 11.5 Å². The number of hydrogen-bond acceptors (Lipinski definition) is 2. The SMILES string of the molecule is CCCCCC(C)(C)CNC(=O)N(CC)C(C)(C)C(=O)O. The lowest BCUT2D eigenvalue weighted by atomic mass is 9.87. The monoisotopic (exact) mass is 300 g/mol. The van der Waals surface area contributed by atoms with Gasteiger partial charge in [-0.1, -0.05) is 40.0 Å². The van der Waals surface area contributed by atoms with Crippen LogP contribution in [0, 0.1) is 5.41 Å². The number of carboxylic acids is 1. The van der Waals surface area contributed by atoms with Crippen LogP contribution in [0.3, 0.4) is 0 Å². The van der Waals surface area contributed by atoms with E-state index in [0.717, 1.165) is 12.8 Å². The molecule has 0 spiro atoms. The topological polar surface area (TPSA) is 69.6 Å². The molecule has 0 fully saturated rings. The predicted molar refractivity (Wildman–Crippen MR) is 85.4 cm³/mol. The summed E-state index contributed by atoms with van der Waals surface area (Å²) >= 11 is 0. The predicted octanol–water partition coefficient (Wildman–Crippen LogP) is 3.49. The standard InChI is InChI=1S/C16H32N2O3/c1-7-9-10-11-15(3,4)12-17-14(21)18(8-2)16(5,6)13(19)20/h7-12H2,1-6H3,(H,17,21)(H,19,20). The number of unbranched alkanes of at least 4 members (excludes halogenated alkanes) is 2. The van der Waals surface area contributed by atoms with Crippen molar-refractivity contribution in [1.82, 2.24) is 10.2 Å². The average molecular weight is 300 g/mol. The van der Waals surface area contributed by atoms with E-state index in [-0.39, 0.29) is 11.4 Å². The third kappa shape index (κ3) is 6.36. The van der Waals surface area contributed by atoms with Crippen molar-refractivity contribution >= 4 is 12.0 Å². The Morgan fingerprint density at radius 1 is 1.10 bits per heavy atom. The Balaban J connectivity index is 4.56. The molecule has 0 aromatic heterocycles. The number of nitrogens with zero attached hydrogens (tertiary/aromatic N) is 1. The summed E-state index contributed by atoms with van der Waals surface area (Å²) in [6, 6.07) is -0.312. The highest BCUT2D eigenvalue weighted by molar-refractivity contribution is 5.85. The highest BCUT2D eigenvalue weighted by atomic mass is 16.4. The van der Waals surface area contributed by atoms with Gasteiger partial charge < -0.3 is 15.3 Å². The van der Waals surface area contributed by atoms with Gasteiger partial charge in [0.1, 0.15) is 5.54 Å². The first-order valence-electron chi connectivity index (χ1n) is 7.87. The molecule has 0 radical (unpaired) electrons. The van der Waals surface area contributed by atoms with Crippen molar-refractivity contribution in [1.29, 1.82) is 0 Å². The van der Waals surface area contributed by atoms with Gasteiger partial charge in [0.05, 0.1) is 0 Å². The first-order chi connectivity index (χ1) is 9.58. The number of nitrogens with one attached hydrogen (secondary N) is 1. The van der Waals surface area contributed by atoms with Crippen LogP contribution >= 0.6 is 0 Å². The molecule has 5 nitrogen and oxygen atoms in total. The fourth-order valence-electron chi connectivity index (χ4n) is 2.26. The first kappa shape index (κ1) is 19.7. The summed E-state index contributed by atoms with van der Waals surface area (Å²) < 4.78 is 0. The zero-order valence-electron chi connectivity index (χ0n) is 14.5. The summed E-state index contributed by atoms with van der Waals surface area (Å²) in [5, 5.41) is 12.1. The summed E-state index contributed by atoms with van der Waals surface area (Å²) in [6.45, 7) is 12.2. The molecule has 0 saturated carbocycles. The Kier molecular flexibility index (Phi) is 7.75. The molecule has 0 atom stereocenters. The largest absolute Gasteiger partial charge is 0.480 e. The van der Waals surface area contributed by atoms with Crippen LogP contribution in [0.15, 0.2) is 0 Å². The van der Waals surface area contributed by atoms with E-state index in [2.05, 4.69) is 26.1 Å². The van der Waals surface area contributed by atoms with Gasteiger partial charge in [0.2, 0.25) is 0 Å². The number of carboxylic acid groups (broad SMARTS) is 1. The smallest absolute Gasteiger partial charge is 0.329 e. The Labute approximate surface area is 129 Å². The minimum Gasteiger partial charge on any atom is -0.480 e. The van der Waals surface area contributed by atoms with E-state index in [4.69, 9.17) is 0 Å². The molecule has 0 aliphatic carbocycles. The van der Waals surface area contributed by atoms with Crippen molar-refractivity contribution in [3.8, 4) is 0 Å². The summed E-state index contributed by atoms with van der Waals surface area (Å²) in [4.78, 5) is 24.9. The second-order valence-electron chi connectivity index (χ2n) is 6.89. The van der Waals surface area contributed by atoms with Gasteiger partial charge in [0.25, 0.3) is 0 Å². The van der Waals surface area contributed by atoms with Gasteiger partial charge in [0, 0.05) is 13.1 Å². The molecular weight excluding hydrogens is 268 g/mol. The van der Waals surface area contributed by atoms with Crippen molar-refractivity contribution in [2.45, 2.75) is 72.8 Å². The van der Waals surface area contributed by atoms with Gasteiger partial charge in [0.15, 0.2) is 0 Å². The second-order valence-corrected chi connectivity index (χ2v) is 6.89. The number of likely N-dealkylation sites (N-methyl/N-ethyl adjacent to an activating group) is 1. The zero-order chi connectivity index (χ0) is 16.7. The lowest BCUT2D eigenvalue weighted by Gasteiger charge is -2.35. The van der Waals surface area contributed by atoms with Crippen molar-refractivity contribution in [2.75, 3.05) is 13.1 Å². The van der Waals surface area contributed by atoms with E-state index in [0.29, 0.717) is 13.1 Å². The molecule has 0 aliphatic rings. The van der Waals surface area contributed by atoms with Crippen LogP contribution in [0.5, 0.6) is 0 Å². The first-order valence-corrected chi connectivity index (χ1v) is 7.87. The summed E-state index contributed by atoms with van der Waals surface area (Å²) in [5.41, 5.74) is -1.18. The molecule has 0 heterocycles. The van der Waals surface area contributed by atoms with Crippen molar-refractivity contribution in [3.63, 3.8) is 0 Å². The fraction of sp³-hybridized carbons (Fsp3) is 0.875. The average Bonchev–Trinajstić information content (AvgIpc) is 2.37. The van der Waals surface area contributed by atoms with E-state index in [9.17, 15) is 14.7 Å². The zero-order valence-corrected chi connectivity index (χ0v) is 14.5. The molecule has 0 rings (SSSR count). The van der Waals surface area contributed by atoms with Crippen LogP contribution in [0.25, 0.3) is 0 Å². The highest BCUT2D eigenvalue weighted by Gasteiger charge is 2.37. The van der Waals surface area contributed by atoms with E-state index in [1.54, 1.807) is 20.8 Å². The van der Waals surface area contributed by atoms with E-state index >= 15 is 0 Å². The molecule has 0 aromatic rings. The van der Waals surface area contributed by atoms with Gasteiger partial charge in [-0.2, -0.15) is 0 Å². The third-order valence-corrected chi connectivity index (χ3v) is 3.93. The fourth-order valence-corrected chi connectivity index (χ4v) is 2.26. The van der Waals surface area contributed by atoms with Crippen LogP contribution in [0.1, 0.15) is 67.2 Å². The lowest BCUT2D eigenvalue weighted by Crippen LogP contribution is -2.56. The van der Waals surface area contributed by atoms with Gasteiger partial charge in [-0.25, -0.2) is 9.59 Å². The minimum absolute atomic E-state index is 0.0254. The number of aliphatic carboxylic acids is 1. The summed E-state index contributed by atoms with van der Waals surface area (Å²) in [7, 11) is 0. The number of hydrogen-bond donors (Lipinski definition) is 2. The molecule has 5 heteroatoms. The van der Waals surface area contributed by atoms with Crippen LogP contribution in [0.4, 0.5) is 4.79 Å². The number of rotatable bonds is 9. The van der Waals surface area contributed by atoms with E-state index in [1.165, 1.54) is 17.7 Å². The number of urea groups is 1. The Hall–Kier alpha value is -1.26.